The minimum Gasteiger partial charge on any atom is -0.477 e. The summed E-state index contributed by atoms with van der Waals surface area (Å²) in [7, 11) is 0. The second-order valence-electron chi connectivity index (χ2n) is 4.07. The Morgan fingerprint density at radius 1 is 1.21 bits per heavy atom. The van der Waals surface area contributed by atoms with E-state index in [2.05, 4.69) is 15.1 Å². The third-order valence-corrected chi connectivity index (χ3v) is 2.71. The Bertz CT molecular complexity index is 765. The van der Waals surface area contributed by atoms with E-state index in [4.69, 9.17) is 0 Å². The number of nitrogens with zero attached hydrogens (tertiary/aromatic N) is 4. The molecular formula is C13H10N4O2. The first-order chi connectivity index (χ1) is 9.15. The van der Waals surface area contributed by atoms with Gasteiger partial charge in [0.15, 0.2) is 5.69 Å². The van der Waals surface area contributed by atoms with Crippen molar-refractivity contribution in [3.63, 3.8) is 0 Å². The van der Waals surface area contributed by atoms with Gasteiger partial charge in [-0.15, -0.1) is 5.10 Å². The average molecular weight is 254 g/mol. The Hall–Kier alpha value is -2.76. The van der Waals surface area contributed by atoms with Gasteiger partial charge in [-0.2, -0.15) is 9.50 Å². The molecule has 0 saturated carbocycles. The third kappa shape index (κ3) is 1.93. The first-order valence-electron chi connectivity index (χ1n) is 5.68. The number of aryl methyl sites for hydroxylation is 1. The van der Waals surface area contributed by atoms with Crippen LogP contribution < -0.4 is 0 Å². The molecule has 0 atom stereocenters. The van der Waals surface area contributed by atoms with Crippen molar-refractivity contribution < 1.29 is 9.90 Å². The molecule has 0 aliphatic carbocycles. The maximum Gasteiger partial charge on any atom is 0.354 e. The Labute approximate surface area is 108 Å². The molecule has 0 saturated heterocycles. The average Bonchev–Trinajstić information content (AvgIpc) is 2.78. The Kier molecular flexibility index (Phi) is 2.49. The normalized spacial score (nSPS) is 10.8. The highest BCUT2D eigenvalue weighted by Crippen LogP contribution is 2.18. The lowest BCUT2D eigenvalue weighted by Crippen LogP contribution is -2.08. The van der Waals surface area contributed by atoms with E-state index in [1.165, 1.54) is 10.6 Å². The summed E-state index contributed by atoms with van der Waals surface area (Å²) in [6, 6.07) is 10.9. The number of carbonyl (C=O) groups is 1. The van der Waals surface area contributed by atoms with E-state index in [0.29, 0.717) is 11.5 Å². The minimum atomic E-state index is -1.06. The van der Waals surface area contributed by atoms with Crippen LogP contribution in [0.1, 0.15) is 16.3 Å². The Morgan fingerprint density at radius 2 is 1.95 bits per heavy atom. The second kappa shape index (κ2) is 4.16. The number of carboxylic acid groups (broad SMARTS) is 1. The maximum atomic E-state index is 11.3. The zero-order chi connectivity index (χ0) is 13.4. The molecule has 0 aliphatic heterocycles. The Balaban J connectivity index is 2.30. The van der Waals surface area contributed by atoms with E-state index in [1.807, 2.05) is 30.3 Å². The van der Waals surface area contributed by atoms with Gasteiger partial charge in [-0.05, 0) is 13.0 Å². The van der Waals surface area contributed by atoms with E-state index in [-0.39, 0.29) is 11.5 Å². The number of benzene rings is 1. The van der Waals surface area contributed by atoms with Crippen LogP contribution in [0, 0.1) is 6.92 Å². The van der Waals surface area contributed by atoms with Gasteiger partial charge in [0.2, 0.25) is 0 Å². The molecule has 3 aromatic rings. The third-order valence-electron chi connectivity index (χ3n) is 2.71. The molecule has 0 radical (unpaired) electrons. The van der Waals surface area contributed by atoms with Gasteiger partial charge in [0, 0.05) is 5.56 Å². The molecule has 6 nitrogen and oxygen atoms in total. The number of carboxylic acids is 1. The number of fused-ring (bicyclic) bond motifs is 1. The number of hydrogen-bond donors (Lipinski definition) is 1. The predicted octanol–water partition coefficient (Wildman–Crippen LogP) is 1.80. The van der Waals surface area contributed by atoms with Crippen molar-refractivity contribution in [1.29, 1.82) is 0 Å². The topological polar surface area (TPSA) is 80.4 Å². The molecule has 1 aromatic carbocycles. The summed E-state index contributed by atoms with van der Waals surface area (Å²) >= 11 is 0. The second-order valence-corrected chi connectivity index (χ2v) is 4.07. The van der Waals surface area contributed by atoms with Crippen LogP contribution >= 0.6 is 0 Å². The predicted molar refractivity (Wildman–Crippen MR) is 67.9 cm³/mol. The summed E-state index contributed by atoms with van der Waals surface area (Å²) in [4.78, 5) is 19.7. The van der Waals surface area contributed by atoms with E-state index in [1.54, 1.807) is 6.92 Å². The largest absolute Gasteiger partial charge is 0.477 e. The lowest BCUT2D eigenvalue weighted by atomic mass is 10.1. The molecule has 19 heavy (non-hydrogen) atoms. The summed E-state index contributed by atoms with van der Waals surface area (Å²) in [5.41, 5.74) is 1.45. The summed E-state index contributed by atoms with van der Waals surface area (Å²) in [5, 5.41) is 13.3. The van der Waals surface area contributed by atoms with Crippen molar-refractivity contribution in [2.45, 2.75) is 6.92 Å². The summed E-state index contributed by atoms with van der Waals surface area (Å²) in [6.07, 6.45) is 0. The van der Waals surface area contributed by atoms with Gasteiger partial charge < -0.3 is 5.11 Å². The van der Waals surface area contributed by atoms with Crippen LogP contribution in [0.2, 0.25) is 0 Å². The van der Waals surface area contributed by atoms with Crippen LogP contribution in [0.4, 0.5) is 0 Å². The van der Waals surface area contributed by atoms with Gasteiger partial charge in [-0.1, -0.05) is 30.3 Å². The van der Waals surface area contributed by atoms with Crippen molar-refractivity contribution in [3.8, 4) is 11.3 Å². The lowest BCUT2D eigenvalue weighted by Gasteiger charge is -2.03. The monoisotopic (exact) mass is 254 g/mol. The van der Waals surface area contributed by atoms with E-state index < -0.39 is 5.97 Å². The zero-order valence-electron chi connectivity index (χ0n) is 10.1. The molecule has 1 N–H and O–H groups in total. The number of hydrogen-bond acceptors (Lipinski definition) is 4. The highest BCUT2D eigenvalue weighted by molar-refractivity contribution is 5.87. The number of aromatic carboxylic acids is 1. The fourth-order valence-electron chi connectivity index (χ4n) is 1.88. The van der Waals surface area contributed by atoms with Crippen LogP contribution in [0.15, 0.2) is 36.4 Å². The molecule has 94 valence electrons. The molecule has 3 rings (SSSR count). The fraction of sp³-hybridized carbons (Fsp3) is 0.0769. The molecule has 0 fully saturated rings. The lowest BCUT2D eigenvalue weighted by molar-refractivity contribution is 0.0687. The molecule has 2 heterocycles. The van der Waals surface area contributed by atoms with E-state index in [0.717, 1.165) is 5.56 Å². The van der Waals surface area contributed by atoms with Crippen LogP contribution in [0.5, 0.6) is 0 Å². The zero-order valence-corrected chi connectivity index (χ0v) is 10.1. The Morgan fingerprint density at radius 3 is 2.63 bits per heavy atom. The fourth-order valence-corrected chi connectivity index (χ4v) is 1.88. The van der Waals surface area contributed by atoms with Gasteiger partial charge in [0.25, 0.3) is 5.78 Å². The van der Waals surface area contributed by atoms with Crippen molar-refractivity contribution in [2.24, 2.45) is 0 Å². The molecule has 0 aliphatic rings. The van der Waals surface area contributed by atoms with Gasteiger partial charge in [0.05, 0.1) is 5.69 Å². The molecular weight excluding hydrogens is 244 g/mol. The van der Waals surface area contributed by atoms with Crippen molar-refractivity contribution in [1.82, 2.24) is 19.6 Å². The van der Waals surface area contributed by atoms with Crippen LogP contribution in [0.3, 0.4) is 0 Å². The summed E-state index contributed by atoms with van der Waals surface area (Å²) in [6.45, 7) is 1.70. The van der Waals surface area contributed by atoms with E-state index >= 15 is 0 Å². The van der Waals surface area contributed by atoms with Gasteiger partial charge in [0.1, 0.15) is 5.82 Å². The molecule has 0 spiro atoms. The van der Waals surface area contributed by atoms with Gasteiger partial charge in [-0.3, -0.25) is 0 Å². The molecule has 0 amide bonds. The SMILES string of the molecule is Cc1nc2nc(-c3ccccc3)cc(C(=O)O)n2n1. The molecule has 0 unspecified atom stereocenters. The first-order valence-corrected chi connectivity index (χ1v) is 5.68. The highest BCUT2D eigenvalue weighted by Gasteiger charge is 2.15. The van der Waals surface area contributed by atoms with Crippen LogP contribution in [-0.4, -0.2) is 30.7 Å². The quantitative estimate of drug-likeness (QED) is 0.754. The van der Waals surface area contributed by atoms with Crippen molar-refractivity contribution >= 4 is 11.7 Å². The summed E-state index contributed by atoms with van der Waals surface area (Å²) in [5.74, 6) is -0.286. The van der Waals surface area contributed by atoms with E-state index in [9.17, 15) is 9.90 Å². The minimum absolute atomic E-state index is 0.0458. The summed E-state index contributed by atoms with van der Waals surface area (Å²) < 4.78 is 1.24. The van der Waals surface area contributed by atoms with Crippen molar-refractivity contribution in [2.75, 3.05) is 0 Å². The maximum absolute atomic E-state index is 11.3. The number of aromatic nitrogens is 4. The van der Waals surface area contributed by atoms with Crippen LogP contribution in [-0.2, 0) is 0 Å². The van der Waals surface area contributed by atoms with Gasteiger partial charge >= 0.3 is 5.97 Å². The first kappa shape index (κ1) is 11.3. The molecule has 2 aromatic heterocycles. The van der Waals surface area contributed by atoms with Crippen molar-refractivity contribution in [3.05, 3.63) is 47.9 Å². The van der Waals surface area contributed by atoms with Gasteiger partial charge in [-0.25, -0.2) is 9.78 Å². The molecule has 6 heteroatoms. The number of rotatable bonds is 2. The molecule has 0 bridgehead atoms. The smallest absolute Gasteiger partial charge is 0.354 e. The highest BCUT2D eigenvalue weighted by atomic mass is 16.4. The van der Waals surface area contributed by atoms with Crippen LogP contribution in [0.25, 0.3) is 17.0 Å². The standard InChI is InChI=1S/C13H10N4O2/c1-8-14-13-15-10(9-5-3-2-4-6-9)7-11(12(18)19)17(13)16-8/h2-7H,1H3,(H,18,19).